The largest absolute Gasteiger partial charge is 0.357 e. The van der Waals surface area contributed by atoms with Crippen molar-refractivity contribution in [2.45, 2.75) is 59.4 Å². The number of amides is 2. The van der Waals surface area contributed by atoms with Gasteiger partial charge < -0.3 is 15.1 Å². The molecule has 9 nitrogen and oxygen atoms in total. The minimum atomic E-state index is -0.434. The number of aliphatic imine (C=N–C) groups is 1. The second kappa shape index (κ2) is 11.0. The molecule has 0 radical (unpaired) electrons. The number of aromatic nitrogens is 3. The summed E-state index contributed by atoms with van der Waals surface area (Å²) in [5, 5.41) is 8.29. The molecule has 1 N–H and O–H groups in total. The molecule has 2 aromatic rings. The third-order valence-corrected chi connectivity index (χ3v) is 8.62. The standard InChI is InChI=1S/C29H41N7O2/c1-18(2)36-27-25(17-31-36)23(28(37)30-16-24-19(3)14-20(4)32-29(24)38)15-26(33-27)35-12-8-22(9-13-35)21-6-10-34(5)11-7-21/h14-15,17-18,21-22,24H,6-13,16H2,1-5H3,(H,30,37). The van der Waals surface area contributed by atoms with Gasteiger partial charge in [-0.15, -0.1) is 0 Å². The lowest BCUT2D eigenvalue weighted by atomic mass is 9.79. The first-order chi connectivity index (χ1) is 18.2. The predicted octanol–water partition coefficient (Wildman–Crippen LogP) is 3.86. The summed E-state index contributed by atoms with van der Waals surface area (Å²) in [6.45, 7) is 12.4. The van der Waals surface area contributed by atoms with Crippen LogP contribution in [0.3, 0.4) is 0 Å². The Morgan fingerprint density at radius 3 is 2.37 bits per heavy atom. The lowest BCUT2D eigenvalue weighted by Gasteiger charge is -2.39. The molecule has 0 spiro atoms. The average molecular weight is 520 g/mol. The summed E-state index contributed by atoms with van der Waals surface area (Å²) in [6, 6.07) is 2.03. The van der Waals surface area contributed by atoms with Crippen LogP contribution in [0.15, 0.2) is 28.9 Å². The molecule has 204 valence electrons. The smallest absolute Gasteiger partial charge is 0.254 e. The van der Waals surface area contributed by atoms with E-state index in [1.54, 1.807) is 6.20 Å². The quantitative estimate of drug-likeness (QED) is 0.623. The fraction of sp³-hybridized carbons (Fsp3) is 0.621. The lowest BCUT2D eigenvalue weighted by Crippen LogP contribution is -2.40. The van der Waals surface area contributed by atoms with Crippen LogP contribution in [0.1, 0.15) is 69.8 Å². The van der Waals surface area contributed by atoms with Crippen molar-refractivity contribution in [3.05, 3.63) is 29.5 Å². The summed E-state index contributed by atoms with van der Waals surface area (Å²) in [7, 11) is 2.22. The number of carbonyl (C=O) groups excluding carboxylic acids is 2. The van der Waals surface area contributed by atoms with Crippen molar-refractivity contribution in [2.75, 3.05) is 44.7 Å². The third kappa shape index (κ3) is 5.39. The summed E-state index contributed by atoms with van der Waals surface area (Å²) in [5.74, 6) is 1.57. The van der Waals surface area contributed by atoms with E-state index in [-0.39, 0.29) is 24.4 Å². The zero-order valence-electron chi connectivity index (χ0n) is 23.4. The summed E-state index contributed by atoms with van der Waals surface area (Å²) in [4.78, 5) is 39.8. The van der Waals surface area contributed by atoms with E-state index in [0.29, 0.717) is 11.3 Å². The molecular formula is C29H41N7O2. The minimum absolute atomic E-state index is 0.120. The lowest BCUT2D eigenvalue weighted by molar-refractivity contribution is -0.120. The van der Waals surface area contributed by atoms with E-state index >= 15 is 0 Å². The van der Waals surface area contributed by atoms with Crippen LogP contribution >= 0.6 is 0 Å². The molecule has 3 aliphatic heterocycles. The number of pyridine rings is 1. The average Bonchev–Trinajstić information content (AvgIpc) is 3.32. The minimum Gasteiger partial charge on any atom is -0.357 e. The summed E-state index contributed by atoms with van der Waals surface area (Å²) in [5.41, 5.74) is 2.91. The number of allylic oxidation sites excluding steroid dienone is 1. The van der Waals surface area contributed by atoms with Crippen LogP contribution in [0.25, 0.3) is 11.0 Å². The Morgan fingerprint density at radius 2 is 1.74 bits per heavy atom. The molecule has 0 aromatic carbocycles. The monoisotopic (exact) mass is 519 g/mol. The number of nitrogens with zero attached hydrogens (tertiary/aromatic N) is 6. The van der Waals surface area contributed by atoms with Crippen molar-refractivity contribution >= 4 is 34.4 Å². The summed E-state index contributed by atoms with van der Waals surface area (Å²) < 4.78 is 1.88. The van der Waals surface area contributed by atoms with Crippen molar-refractivity contribution in [3.63, 3.8) is 0 Å². The fourth-order valence-corrected chi connectivity index (χ4v) is 6.28. The Bertz CT molecular complexity index is 1260. The first-order valence-corrected chi connectivity index (χ1v) is 14.1. The molecule has 1 atom stereocenters. The molecule has 9 heteroatoms. The van der Waals surface area contributed by atoms with Crippen molar-refractivity contribution in [1.82, 2.24) is 25.0 Å². The van der Waals surface area contributed by atoms with Gasteiger partial charge in [-0.1, -0.05) is 5.57 Å². The van der Waals surface area contributed by atoms with E-state index < -0.39 is 5.92 Å². The number of carbonyl (C=O) groups is 2. The SMILES string of the molecule is CC1=CC(C)=NC(=O)C1CNC(=O)c1cc(N2CCC(C3CCN(C)CC3)CC2)nc2c1cnn2C(C)C. The maximum atomic E-state index is 13.5. The Kier molecular flexibility index (Phi) is 7.66. The van der Waals surface area contributed by atoms with Crippen LogP contribution in [0.5, 0.6) is 0 Å². The number of anilines is 1. The van der Waals surface area contributed by atoms with Crippen LogP contribution in [-0.2, 0) is 4.79 Å². The fourth-order valence-electron chi connectivity index (χ4n) is 6.28. The van der Waals surface area contributed by atoms with E-state index in [9.17, 15) is 9.59 Å². The van der Waals surface area contributed by atoms with Crippen LogP contribution in [0.2, 0.25) is 0 Å². The van der Waals surface area contributed by atoms with Gasteiger partial charge in [0.25, 0.3) is 11.8 Å². The van der Waals surface area contributed by atoms with Gasteiger partial charge in [0.1, 0.15) is 5.82 Å². The predicted molar refractivity (Wildman–Crippen MR) is 151 cm³/mol. The van der Waals surface area contributed by atoms with Crippen LogP contribution < -0.4 is 10.2 Å². The molecule has 2 saturated heterocycles. The third-order valence-electron chi connectivity index (χ3n) is 8.62. The highest BCUT2D eigenvalue weighted by atomic mass is 16.2. The van der Waals surface area contributed by atoms with Gasteiger partial charge in [-0.2, -0.15) is 5.10 Å². The molecule has 2 fully saturated rings. The maximum absolute atomic E-state index is 13.5. The van der Waals surface area contributed by atoms with Crippen molar-refractivity contribution in [3.8, 4) is 0 Å². The van der Waals surface area contributed by atoms with E-state index in [1.165, 1.54) is 25.9 Å². The van der Waals surface area contributed by atoms with Crippen LogP contribution in [0, 0.1) is 17.8 Å². The summed E-state index contributed by atoms with van der Waals surface area (Å²) in [6.07, 6.45) is 8.56. The second-order valence-electron chi connectivity index (χ2n) is 11.7. The zero-order valence-corrected chi connectivity index (χ0v) is 23.4. The van der Waals surface area contributed by atoms with Crippen molar-refractivity contribution < 1.29 is 9.59 Å². The van der Waals surface area contributed by atoms with Gasteiger partial charge in [0, 0.05) is 31.4 Å². The Balaban J connectivity index is 1.35. The van der Waals surface area contributed by atoms with Gasteiger partial charge in [-0.05, 0) is 97.5 Å². The van der Waals surface area contributed by atoms with Crippen LogP contribution in [-0.4, -0.2) is 77.0 Å². The number of rotatable bonds is 6. The number of hydrogen-bond acceptors (Lipinski definition) is 6. The number of piperidine rings is 2. The Morgan fingerprint density at radius 1 is 1.08 bits per heavy atom. The highest BCUT2D eigenvalue weighted by Gasteiger charge is 2.30. The normalized spacial score (nSPS) is 22.2. The first-order valence-electron chi connectivity index (χ1n) is 14.1. The zero-order chi connectivity index (χ0) is 27.0. The number of nitrogens with one attached hydrogen (secondary N) is 1. The molecule has 2 amide bonds. The van der Waals surface area contributed by atoms with E-state index in [4.69, 9.17) is 4.98 Å². The number of hydrogen-bond donors (Lipinski definition) is 1. The molecule has 1 unspecified atom stereocenters. The Labute approximate surface area is 225 Å². The second-order valence-corrected chi connectivity index (χ2v) is 11.7. The molecule has 5 heterocycles. The number of likely N-dealkylation sites (tertiary alicyclic amines) is 1. The van der Waals surface area contributed by atoms with E-state index in [1.807, 2.05) is 30.7 Å². The molecule has 5 rings (SSSR count). The van der Waals surface area contributed by atoms with Gasteiger partial charge >= 0.3 is 0 Å². The highest BCUT2D eigenvalue weighted by molar-refractivity contribution is 6.07. The van der Waals surface area contributed by atoms with Gasteiger partial charge in [0.05, 0.1) is 23.1 Å². The van der Waals surface area contributed by atoms with Crippen LogP contribution in [0.4, 0.5) is 5.82 Å². The van der Waals surface area contributed by atoms with Crippen molar-refractivity contribution in [2.24, 2.45) is 22.7 Å². The first kappa shape index (κ1) is 26.5. The molecule has 38 heavy (non-hydrogen) atoms. The molecule has 0 bridgehead atoms. The molecule has 2 aromatic heterocycles. The number of dihydropyridines is 1. The molecule has 0 aliphatic carbocycles. The maximum Gasteiger partial charge on any atom is 0.254 e. The molecule has 3 aliphatic rings. The highest BCUT2D eigenvalue weighted by Crippen LogP contribution is 2.34. The van der Waals surface area contributed by atoms with Gasteiger partial charge in [0.2, 0.25) is 0 Å². The van der Waals surface area contributed by atoms with E-state index in [0.717, 1.165) is 60.2 Å². The molecule has 0 saturated carbocycles. The summed E-state index contributed by atoms with van der Waals surface area (Å²) >= 11 is 0. The molecular weight excluding hydrogens is 478 g/mol. The van der Waals surface area contributed by atoms with Gasteiger partial charge in [-0.25, -0.2) is 14.7 Å². The van der Waals surface area contributed by atoms with Gasteiger partial charge in [0.15, 0.2) is 5.65 Å². The number of fused-ring (bicyclic) bond motifs is 1. The topological polar surface area (TPSA) is 95.7 Å². The van der Waals surface area contributed by atoms with E-state index in [2.05, 4.69) is 46.1 Å². The Hall–Kier alpha value is -3.07. The van der Waals surface area contributed by atoms with Crippen molar-refractivity contribution in [1.29, 1.82) is 0 Å². The van der Waals surface area contributed by atoms with Gasteiger partial charge in [-0.3, -0.25) is 9.59 Å².